The molecule has 1 aliphatic carbocycles. The molecule has 1 fully saturated rings. The van der Waals surface area contributed by atoms with Crippen LogP contribution in [0.5, 0.6) is 0 Å². The molecule has 0 N–H and O–H groups in total. The summed E-state index contributed by atoms with van der Waals surface area (Å²) in [6.07, 6.45) is 1.95. The lowest BCUT2D eigenvalue weighted by molar-refractivity contribution is 0.205. The summed E-state index contributed by atoms with van der Waals surface area (Å²) in [6, 6.07) is 6.73. The highest BCUT2D eigenvalue weighted by Crippen LogP contribution is 2.35. The predicted octanol–water partition coefficient (Wildman–Crippen LogP) is 2.50. The van der Waals surface area contributed by atoms with Crippen molar-refractivity contribution in [3.8, 4) is 0 Å². The average molecular weight is 240 g/mol. The normalized spacial score (nSPS) is 18.4. The molecule has 0 aromatic heterocycles. The summed E-state index contributed by atoms with van der Waals surface area (Å²) in [7, 11) is -3.58. The Kier molecular flexibility index (Phi) is 3.04. The molecule has 16 heavy (non-hydrogen) atoms. The molecular formula is C12H16O3S. The summed E-state index contributed by atoms with van der Waals surface area (Å²) < 4.78 is 28.9. The molecule has 0 saturated heterocycles. The molecule has 1 saturated carbocycles. The maximum Gasteiger partial charge on any atom is 0.297 e. The van der Waals surface area contributed by atoms with E-state index in [1.54, 1.807) is 24.3 Å². The molecule has 0 bridgehead atoms. The van der Waals surface area contributed by atoms with E-state index in [0.717, 1.165) is 18.4 Å². The minimum absolute atomic E-state index is 0.202. The Bertz CT molecular complexity index is 458. The molecule has 0 spiro atoms. The van der Waals surface area contributed by atoms with Crippen LogP contribution >= 0.6 is 0 Å². The van der Waals surface area contributed by atoms with Crippen LogP contribution in [0.1, 0.15) is 25.3 Å². The molecule has 2 rings (SSSR count). The van der Waals surface area contributed by atoms with Crippen molar-refractivity contribution in [1.29, 1.82) is 0 Å². The molecule has 1 aliphatic rings. The highest BCUT2D eigenvalue weighted by atomic mass is 32.2. The van der Waals surface area contributed by atoms with Gasteiger partial charge < -0.3 is 0 Å². The van der Waals surface area contributed by atoms with Crippen molar-refractivity contribution in [1.82, 2.24) is 0 Å². The van der Waals surface area contributed by atoms with Gasteiger partial charge in [-0.15, -0.1) is 0 Å². The van der Waals surface area contributed by atoms with Gasteiger partial charge in [-0.3, -0.25) is 4.18 Å². The van der Waals surface area contributed by atoms with Gasteiger partial charge in [-0.1, -0.05) is 17.7 Å². The first-order valence-electron chi connectivity index (χ1n) is 5.49. The Balaban J connectivity index is 2.14. The molecule has 88 valence electrons. The Hall–Kier alpha value is -0.870. The van der Waals surface area contributed by atoms with Crippen LogP contribution in [-0.2, 0) is 14.3 Å². The van der Waals surface area contributed by atoms with Gasteiger partial charge in [0.1, 0.15) is 0 Å². The van der Waals surface area contributed by atoms with Gasteiger partial charge in [0.25, 0.3) is 10.1 Å². The molecule has 1 unspecified atom stereocenters. The molecule has 4 heteroatoms. The summed E-state index contributed by atoms with van der Waals surface area (Å²) in [5.41, 5.74) is 1.04. The molecule has 0 radical (unpaired) electrons. The summed E-state index contributed by atoms with van der Waals surface area (Å²) >= 11 is 0. The van der Waals surface area contributed by atoms with E-state index in [-0.39, 0.29) is 11.0 Å². The average Bonchev–Trinajstić information content (AvgIpc) is 3.00. The lowest BCUT2D eigenvalue weighted by Gasteiger charge is -2.11. The van der Waals surface area contributed by atoms with Crippen LogP contribution in [-0.4, -0.2) is 14.5 Å². The highest BCUT2D eigenvalue weighted by Gasteiger charge is 2.32. The zero-order valence-corrected chi connectivity index (χ0v) is 10.3. The number of benzene rings is 1. The van der Waals surface area contributed by atoms with Gasteiger partial charge in [0.2, 0.25) is 0 Å². The van der Waals surface area contributed by atoms with E-state index in [4.69, 9.17) is 4.18 Å². The van der Waals surface area contributed by atoms with Gasteiger partial charge in [-0.2, -0.15) is 8.42 Å². The van der Waals surface area contributed by atoms with Crippen LogP contribution in [0.4, 0.5) is 0 Å². The molecule has 1 aromatic carbocycles. The van der Waals surface area contributed by atoms with Gasteiger partial charge in [0.15, 0.2) is 0 Å². The van der Waals surface area contributed by atoms with E-state index in [1.807, 2.05) is 13.8 Å². The fraction of sp³-hybridized carbons (Fsp3) is 0.500. The van der Waals surface area contributed by atoms with E-state index < -0.39 is 10.1 Å². The molecule has 0 aliphatic heterocycles. The van der Waals surface area contributed by atoms with E-state index in [1.165, 1.54) is 0 Å². The van der Waals surface area contributed by atoms with Crippen molar-refractivity contribution >= 4 is 10.1 Å². The number of hydrogen-bond acceptors (Lipinski definition) is 3. The third-order valence-electron chi connectivity index (χ3n) is 2.87. The first-order chi connectivity index (χ1) is 7.49. The maximum absolute atomic E-state index is 11.9. The van der Waals surface area contributed by atoms with E-state index in [0.29, 0.717) is 5.92 Å². The van der Waals surface area contributed by atoms with Crippen molar-refractivity contribution < 1.29 is 12.6 Å². The van der Waals surface area contributed by atoms with Crippen molar-refractivity contribution in [3.63, 3.8) is 0 Å². The SMILES string of the molecule is Cc1ccc(S(=O)(=O)OC(C)C2CC2)cc1. The Morgan fingerprint density at radius 2 is 1.81 bits per heavy atom. The van der Waals surface area contributed by atoms with Crippen LogP contribution < -0.4 is 0 Å². The van der Waals surface area contributed by atoms with Crippen LogP contribution in [0.2, 0.25) is 0 Å². The van der Waals surface area contributed by atoms with E-state index in [9.17, 15) is 8.42 Å². The van der Waals surface area contributed by atoms with E-state index >= 15 is 0 Å². The number of hydrogen-bond donors (Lipinski definition) is 0. The Morgan fingerprint density at radius 3 is 2.31 bits per heavy atom. The molecule has 3 nitrogen and oxygen atoms in total. The zero-order valence-electron chi connectivity index (χ0n) is 9.51. The second kappa shape index (κ2) is 4.18. The zero-order chi connectivity index (χ0) is 11.8. The Morgan fingerprint density at radius 1 is 1.25 bits per heavy atom. The van der Waals surface area contributed by atoms with Gasteiger partial charge in [0.05, 0.1) is 11.0 Å². The molecule has 1 atom stereocenters. The minimum Gasteiger partial charge on any atom is -0.263 e. The first kappa shape index (κ1) is 11.6. The van der Waals surface area contributed by atoms with Crippen molar-refractivity contribution in [3.05, 3.63) is 29.8 Å². The molecule has 0 amide bonds. The first-order valence-corrected chi connectivity index (χ1v) is 6.90. The van der Waals surface area contributed by atoms with Crippen molar-refractivity contribution in [2.24, 2.45) is 5.92 Å². The highest BCUT2D eigenvalue weighted by molar-refractivity contribution is 7.86. The topological polar surface area (TPSA) is 43.4 Å². The molecule has 1 aromatic rings. The Labute approximate surface area is 96.6 Å². The molecular weight excluding hydrogens is 224 g/mol. The minimum atomic E-state index is -3.58. The molecule has 0 heterocycles. The van der Waals surface area contributed by atoms with Crippen LogP contribution in [0, 0.1) is 12.8 Å². The summed E-state index contributed by atoms with van der Waals surface area (Å²) in [6.45, 7) is 3.74. The smallest absolute Gasteiger partial charge is 0.263 e. The predicted molar refractivity (Wildman–Crippen MR) is 61.6 cm³/mol. The van der Waals surface area contributed by atoms with Crippen molar-refractivity contribution in [2.45, 2.75) is 37.7 Å². The summed E-state index contributed by atoms with van der Waals surface area (Å²) in [5.74, 6) is 0.417. The van der Waals surface area contributed by atoms with Crippen molar-refractivity contribution in [2.75, 3.05) is 0 Å². The summed E-state index contributed by atoms with van der Waals surface area (Å²) in [4.78, 5) is 0.241. The monoisotopic (exact) mass is 240 g/mol. The maximum atomic E-state index is 11.9. The van der Waals surface area contributed by atoms with Crippen LogP contribution in [0.25, 0.3) is 0 Å². The summed E-state index contributed by atoms with van der Waals surface area (Å²) in [5, 5.41) is 0. The van der Waals surface area contributed by atoms with Gasteiger partial charge in [-0.05, 0) is 44.7 Å². The fourth-order valence-electron chi connectivity index (χ4n) is 1.60. The van der Waals surface area contributed by atoms with Gasteiger partial charge in [-0.25, -0.2) is 0 Å². The standard InChI is InChI=1S/C12H16O3S/c1-9-3-7-12(8-4-9)16(13,14)15-10(2)11-5-6-11/h3-4,7-8,10-11H,5-6H2,1-2H3. The quantitative estimate of drug-likeness (QED) is 0.759. The largest absolute Gasteiger partial charge is 0.297 e. The lowest BCUT2D eigenvalue weighted by Crippen LogP contribution is -2.17. The van der Waals surface area contributed by atoms with Crippen LogP contribution in [0.3, 0.4) is 0 Å². The van der Waals surface area contributed by atoms with E-state index in [2.05, 4.69) is 0 Å². The third kappa shape index (κ3) is 2.62. The third-order valence-corrected chi connectivity index (χ3v) is 4.28. The van der Waals surface area contributed by atoms with Gasteiger partial charge >= 0.3 is 0 Å². The fourth-order valence-corrected chi connectivity index (χ4v) is 2.74. The lowest BCUT2D eigenvalue weighted by atomic mass is 10.2. The van der Waals surface area contributed by atoms with Crippen LogP contribution in [0.15, 0.2) is 29.2 Å². The van der Waals surface area contributed by atoms with Gasteiger partial charge in [0, 0.05) is 0 Å². The number of aryl methyl sites for hydroxylation is 1. The number of rotatable bonds is 4. The second-order valence-corrected chi connectivity index (χ2v) is 5.98. The second-order valence-electron chi connectivity index (χ2n) is 4.41.